The Kier molecular flexibility index (Phi) is 4.64. The molecule has 1 aromatic heterocycles. The Hall–Kier alpha value is -2.10. The molecule has 13 heteroatoms. The van der Waals surface area contributed by atoms with E-state index in [-0.39, 0.29) is 0 Å². The summed E-state index contributed by atoms with van der Waals surface area (Å²) in [5, 5.41) is 16.0. The van der Waals surface area contributed by atoms with E-state index >= 15 is 0 Å². The molecule has 1 fully saturated rings. The molecular weight excluding hydrogens is 387 g/mol. The van der Waals surface area contributed by atoms with Crippen molar-refractivity contribution in [3.63, 3.8) is 0 Å². The first kappa shape index (κ1) is 20.2. The molecule has 0 amide bonds. The molecule has 1 aromatic carbocycles. The Labute approximate surface area is 144 Å². The Morgan fingerprint density at radius 2 is 1.58 bits per heavy atom. The maximum atomic E-state index is 11.9. The molecule has 0 aliphatic carbocycles. The molecule has 0 saturated carbocycles. The standard InChI is InChI=1S/C13H18N5O.F6P/c1-15(2)13(16-9-5-6-10-16)17-11-7-3-4-8-12(11)18(19)14-17;1-7(2,3,4,5)6/h3-4,7-8H,5-6,9-10H2,1-2H3;/q+1;-1. The second kappa shape index (κ2) is 5.97. The van der Waals surface area contributed by atoms with Gasteiger partial charge < -0.3 is 5.21 Å². The first-order valence-electron chi connectivity index (χ1n) is 7.57. The van der Waals surface area contributed by atoms with Crippen molar-refractivity contribution < 1.29 is 34.6 Å². The zero-order valence-electron chi connectivity index (χ0n) is 14.0. The number of benzene rings is 1. The van der Waals surface area contributed by atoms with Gasteiger partial charge in [-0.2, -0.15) is 0 Å². The van der Waals surface area contributed by atoms with Gasteiger partial charge in [0.25, 0.3) is 0 Å². The predicted molar refractivity (Wildman–Crippen MR) is 85.6 cm³/mol. The normalized spacial score (nSPS) is 17.3. The van der Waals surface area contributed by atoms with Gasteiger partial charge in [-0.15, -0.1) is 4.85 Å². The van der Waals surface area contributed by atoms with Gasteiger partial charge in [0.15, 0.2) is 0 Å². The van der Waals surface area contributed by atoms with Gasteiger partial charge in [0.05, 0.1) is 27.2 Å². The average molecular weight is 405 g/mol. The monoisotopic (exact) mass is 405 g/mol. The molecule has 1 saturated heterocycles. The van der Waals surface area contributed by atoms with Crippen LogP contribution in [-0.4, -0.2) is 52.5 Å². The van der Waals surface area contributed by atoms with Crippen molar-refractivity contribution in [3.8, 4) is 0 Å². The SMILES string of the molecule is C[N+](C)=C(N1CCCC1)n1n[n+]([O-])c2ccccc21.F[P-](F)(F)(F)(F)F. The summed E-state index contributed by atoms with van der Waals surface area (Å²) in [4.78, 5) is 2.97. The predicted octanol–water partition coefficient (Wildman–Crippen LogP) is 3.62. The van der Waals surface area contributed by atoms with Gasteiger partial charge in [0.2, 0.25) is 11.0 Å². The van der Waals surface area contributed by atoms with E-state index in [0.29, 0.717) is 10.4 Å². The van der Waals surface area contributed by atoms with Gasteiger partial charge in [-0.05, 0) is 29.7 Å². The van der Waals surface area contributed by atoms with Crippen LogP contribution in [0.3, 0.4) is 0 Å². The van der Waals surface area contributed by atoms with Gasteiger partial charge in [-0.3, -0.25) is 9.48 Å². The number of hydrogen-bond acceptors (Lipinski definition) is 2. The number of likely N-dealkylation sites (tertiary alicyclic amines) is 1. The molecule has 148 valence electrons. The summed E-state index contributed by atoms with van der Waals surface area (Å²) >= 11 is 0. The summed E-state index contributed by atoms with van der Waals surface area (Å²) in [6, 6.07) is 7.51. The van der Waals surface area contributed by atoms with Crippen LogP contribution in [0.25, 0.3) is 11.0 Å². The molecule has 6 nitrogen and oxygen atoms in total. The summed E-state index contributed by atoms with van der Waals surface area (Å²) in [7, 11) is -6.69. The summed E-state index contributed by atoms with van der Waals surface area (Å²) in [5.41, 5.74) is 1.44. The summed E-state index contributed by atoms with van der Waals surface area (Å²) in [6.07, 6.45) is 2.38. The maximum absolute atomic E-state index is 11.9. The van der Waals surface area contributed by atoms with Crippen LogP contribution >= 0.6 is 7.81 Å². The Morgan fingerprint density at radius 1 is 1.08 bits per heavy atom. The average Bonchev–Trinajstić information content (AvgIpc) is 3.06. The summed E-state index contributed by atoms with van der Waals surface area (Å²) in [5.74, 6) is 0.961. The van der Waals surface area contributed by atoms with Gasteiger partial charge in [-0.1, -0.05) is 12.1 Å². The molecule has 0 spiro atoms. The van der Waals surface area contributed by atoms with Gasteiger partial charge in [0.1, 0.15) is 5.21 Å². The minimum absolute atomic E-state index is 0.598. The van der Waals surface area contributed by atoms with Crippen LogP contribution in [0.1, 0.15) is 12.8 Å². The molecule has 0 radical (unpaired) electrons. The number of fused-ring (bicyclic) bond motifs is 1. The number of para-hydroxylation sites is 2. The van der Waals surface area contributed by atoms with Crippen LogP contribution < -0.4 is 4.85 Å². The van der Waals surface area contributed by atoms with Crippen LogP contribution in [0.5, 0.6) is 0 Å². The molecule has 2 heterocycles. The number of aromatic nitrogens is 3. The fourth-order valence-corrected chi connectivity index (χ4v) is 2.65. The number of nitrogens with zero attached hydrogens (tertiary/aromatic N) is 5. The molecule has 1 aliphatic rings. The van der Waals surface area contributed by atoms with Crippen molar-refractivity contribution in [2.75, 3.05) is 27.2 Å². The van der Waals surface area contributed by atoms with Gasteiger partial charge in [0, 0.05) is 0 Å². The van der Waals surface area contributed by atoms with Crippen molar-refractivity contribution in [2.45, 2.75) is 12.8 Å². The molecular formula is C13H18F6N5OP. The number of rotatable bonds is 0. The molecule has 3 rings (SSSR count). The molecule has 26 heavy (non-hydrogen) atoms. The molecule has 2 aromatic rings. The number of halogens is 6. The molecule has 1 aliphatic heterocycles. The van der Waals surface area contributed by atoms with Gasteiger partial charge in [-0.25, -0.2) is 0 Å². The number of hydrogen-bond donors (Lipinski definition) is 0. The summed E-state index contributed by atoms with van der Waals surface area (Å²) in [6.45, 7) is 2.03. The fourth-order valence-electron chi connectivity index (χ4n) is 2.65. The van der Waals surface area contributed by atoms with Crippen LogP contribution in [0.4, 0.5) is 25.2 Å². The summed E-state index contributed by atoms with van der Waals surface area (Å²) < 4.78 is 63.0. The zero-order chi connectivity index (χ0) is 19.8. The van der Waals surface area contributed by atoms with E-state index in [1.807, 2.05) is 36.9 Å². The first-order valence-corrected chi connectivity index (χ1v) is 9.60. The van der Waals surface area contributed by atoms with E-state index in [1.54, 1.807) is 10.7 Å². The van der Waals surface area contributed by atoms with Crippen molar-refractivity contribution in [3.05, 3.63) is 29.5 Å². The molecule has 0 unspecified atom stereocenters. The van der Waals surface area contributed by atoms with E-state index in [4.69, 9.17) is 0 Å². The van der Waals surface area contributed by atoms with Crippen LogP contribution in [0.15, 0.2) is 24.3 Å². The van der Waals surface area contributed by atoms with Crippen LogP contribution in [-0.2, 0) is 0 Å². The topological polar surface area (TPSA) is 51.0 Å². The van der Waals surface area contributed by atoms with Crippen molar-refractivity contribution in [1.82, 2.24) is 14.8 Å². The Bertz CT molecular complexity index is 826. The van der Waals surface area contributed by atoms with Crippen molar-refractivity contribution in [1.29, 1.82) is 0 Å². The third-order valence-corrected chi connectivity index (χ3v) is 3.47. The molecule has 0 bridgehead atoms. The van der Waals surface area contributed by atoms with E-state index in [2.05, 4.69) is 10.1 Å². The second-order valence-corrected chi connectivity index (χ2v) is 7.93. The van der Waals surface area contributed by atoms with E-state index in [0.717, 1.165) is 24.6 Å². The van der Waals surface area contributed by atoms with Crippen LogP contribution in [0.2, 0.25) is 0 Å². The Morgan fingerprint density at radius 3 is 2.08 bits per heavy atom. The third kappa shape index (κ3) is 6.01. The fraction of sp³-hybridized carbons (Fsp3) is 0.462. The van der Waals surface area contributed by atoms with Crippen molar-refractivity contribution >= 4 is 24.8 Å². The van der Waals surface area contributed by atoms with Crippen molar-refractivity contribution in [2.24, 2.45) is 0 Å². The molecule has 0 atom stereocenters. The zero-order valence-corrected chi connectivity index (χ0v) is 14.9. The third-order valence-electron chi connectivity index (χ3n) is 3.47. The second-order valence-electron chi connectivity index (χ2n) is 6.01. The Balaban J connectivity index is 0.000000298. The van der Waals surface area contributed by atoms with Crippen LogP contribution in [0, 0.1) is 5.21 Å². The van der Waals surface area contributed by atoms with E-state index in [1.165, 1.54) is 12.8 Å². The van der Waals surface area contributed by atoms with Gasteiger partial charge >= 0.3 is 38.9 Å². The quantitative estimate of drug-likeness (QED) is 0.168. The van der Waals surface area contributed by atoms with E-state index in [9.17, 15) is 30.4 Å². The first-order chi connectivity index (χ1) is 11.6. The molecule has 0 N–H and O–H groups in total. The van der Waals surface area contributed by atoms with E-state index < -0.39 is 7.81 Å². The minimum atomic E-state index is -10.7.